The Morgan fingerprint density at radius 2 is 2.15 bits per heavy atom. The Morgan fingerprint density at radius 3 is 2.75 bits per heavy atom. The molecule has 1 unspecified atom stereocenters. The van der Waals surface area contributed by atoms with Gasteiger partial charge in [-0.15, -0.1) is 0 Å². The zero-order valence-electron chi connectivity index (χ0n) is 10.6. The van der Waals surface area contributed by atoms with Gasteiger partial charge >= 0.3 is 5.97 Å². The predicted octanol–water partition coefficient (Wildman–Crippen LogP) is -0.204. The molecule has 0 saturated carbocycles. The number of amides is 1. The maximum Gasteiger partial charge on any atom is 0.305 e. The molecule has 1 fully saturated rings. The van der Waals surface area contributed by atoms with E-state index in [-0.39, 0.29) is 23.7 Å². The molecule has 1 N–H and O–H groups in total. The summed E-state index contributed by atoms with van der Waals surface area (Å²) in [4.78, 5) is 28.3. The van der Waals surface area contributed by atoms with Crippen molar-refractivity contribution >= 4 is 21.7 Å². The highest BCUT2D eigenvalue weighted by molar-refractivity contribution is 7.91. The summed E-state index contributed by atoms with van der Waals surface area (Å²) in [5.74, 6) is -2.04. The van der Waals surface area contributed by atoms with Gasteiger partial charge in [0.15, 0.2) is 9.84 Å². The van der Waals surface area contributed by atoms with E-state index < -0.39 is 34.2 Å². The summed E-state index contributed by atoms with van der Waals surface area (Å²) in [5.41, 5.74) is 0.183. The van der Waals surface area contributed by atoms with Gasteiger partial charge in [-0.25, -0.2) is 8.42 Å². The van der Waals surface area contributed by atoms with Crippen LogP contribution >= 0.6 is 0 Å². The topological polar surface area (TPSA) is 105 Å². The van der Waals surface area contributed by atoms with Gasteiger partial charge in [-0.3, -0.25) is 14.6 Å². The molecule has 1 aromatic rings. The number of rotatable bonds is 3. The van der Waals surface area contributed by atoms with Crippen LogP contribution in [0.4, 0.5) is 0 Å². The molecular weight excluding hydrogens is 284 g/mol. The lowest BCUT2D eigenvalue weighted by atomic mass is 10.1. The second kappa shape index (κ2) is 5.58. The molecular formula is C12H14N2O5S. The third kappa shape index (κ3) is 3.32. The Kier molecular flexibility index (Phi) is 4.03. The van der Waals surface area contributed by atoms with Gasteiger partial charge in [0.25, 0.3) is 5.91 Å². The van der Waals surface area contributed by atoms with Gasteiger partial charge in [0.1, 0.15) is 5.69 Å². The molecule has 0 spiro atoms. The third-order valence-electron chi connectivity index (χ3n) is 3.09. The second-order valence-electron chi connectivity index (χ2n) is 4.58. The molecule has 1 amide bonds. The Bertz CT molecular complexity index is 614. The van der Waals surface area contributed by atoms with Crippen molar-refractivity contribution in [3.8, 4) is 0 Å². The van der Waals surface area contributed by atoms with E-state index in [0.717, 1.165) is 0 Å². The van der Waals surface area contributed by atoms with Gasteiger partial charge in [0.2, 0.25) is 0 Å². The zero-order chi connectivity index (χ0) is 14.8. The van der Waals surface area contributed by atoms with Crippen LogP contribution in [0.5, 0.6) is 0 Å². The lowest BCUT2D eigenvalue weighted by molar-refractivity contribution is -0.138. The van der Waals surface area contributed by atoms with Gasteiger partial charge in [0.05, 0.1) is 24.0 Å². The molecule has 0 aromatic carbocycles. The summed E-state index contributed by atoms with van der Waals surface area (Å²) in [6.07, 6.45) is 1.07. The fraction of sp³-hybridized carbons (Fsp3) is 0.417. The fourth-order valence-corrected chi connectivity index (χ4v) is 3.69. The molecule has 8 heteroatoms. The molecule has 1 aromatic heterocycles. The number of carbonyl (C=O) groups is 2. The van der Waals surface area contributed by atoms with Crippen LogP contribution in [0.2, 0.25) is 0 Å². The van der Waals surface area contributed by atoms with E-state index in [0.29, 0.717) is 0 Å². The first-order valence-electron chi connectivity index (χ1n) is 6.03. The van der Waals surface area contributed by atoms with E-state index in [1.165, 1.54) is 17.2 Å². The van der Waals surface area contributed by atoms with Gasteiger partial charge in [-0.1, -0.05) is 6.07 Å². The Morgan fingerprint density at radius 1 is 1.40 bits per heavy atom. The van der Waals surface area contributed by atoms with Gasteiger partial charge < -0.3 is 10.0 Å². The van der Waals surface area contributed by atoms with Crippen LogP contribution in [0.15, 0.2) is 24.4 Å². The molecule has 20 heavy (non-hydrogen) atoms. The molecule has 108 valence electrons. The van der Waals surface area contributed by atoms with Crippen molar-refractivity contribution in [3.63, 3.8) is 0 Å². The first kappa shape index (κ1) is 14.4. The van der Waals surface area contributed by atoms with E-state index in [4.69, 9.17) is 5.11 Å². The number of aromatic nitrogens is 1. The van der Waals surface area contributed by atoms with Crippen molar-refractivity contribution in [2.75, 3.05) is 18.1 Å². The van der Waals surface area contributed by atoms with E-state index in [9.17, 15) is 18.0 Å². The normalized spacial score (nSPS) is 21.4. The van der Waals surface area contributed by atoms with Crippen LogP contribution in [-0.4, -0.2) is 59.4 Å². The highest BCUT2D eigenvalue weighted by Crippen LogP contribution is 2.17. The van der Waals surface area contributed by atoms with Crippen LogP contribution in [0.25, 0.3) is 0 Å². The summed E-state index contributed by atoms with van der Waals surface area (Å²) in [6.45, 7) is -0.00428. The van der Waals surface area contributed by atoms with Crippen molar-refractivity contribution in [2.45, 2.75) is 12.5 Å². The third-order valence-corrected chi connectivity index (χ3v) is 4.78. The van der Waals surface area contributed by atoms with Gasteiger partial charge in [-0.05, 0) is 12.1 Å². The minimum absolute atomic E-state index is 0.00428. The van der Waals surface area contributed by atoms with Crippen molar-refractivity contribution in [1.29, 1.82) is 0 Å². The lowest BCUT2D eigenvalue weighted by Gasteiger charge is -2.34. The van der Waals surface area contributed by atoms with Crippen molar-refractivity contribution < 1.29 is 23.1 Å². The van der Waals surface area contributed by atoms with Crippen LogP contribution in [-0.2, 0) is 14.6 Å². The number of carbonyl (C=O) groups excluding carboxylic acids is 1. The largest absolute Gasteiger partial charge is 0.481 e. The highest BCUT2D eigenvalue weighted by Gasteiger charge is 2.36. The van der Waals surface area contributed by atoms with E-state index in [1.807, 2.05) is 0 Å². The molecule has 2 rings (SSSR count). The molecule has 0 aliphatic carbocycles. The number of nitrogens with zero attached hydrogens (tertiary/aromatic N) is 2. The van der Waals surface area contributed by atoms with E-state index in [1.54, 1.807) is 12.1 Å². The Hall–Kier alpha value is -1.96. The fourth-order valence-electron chi connectivity index (χ4n) is 2.16. The number of pyridine rings is 1. The van der Waals surface area contributed by atoms with Crippen LogP contribution in [0.3, 0.4) is 0 Å². The number of sulfone groups is 1. The first-order chi connectivity index (χ1) is 9.39. The second-order valence-corrected chi connectivity index (χ2v) is 6.81. The first-order valence-corrected chi connectivity index (χ1v) is 7.85. The molecule has 7 nitrogen and oxygen atoms in total. The number of carboxylic acids is 1. The van der Waals surface area contributed by atoms with E-state index in [2.05, 4.69) is 4.98 Å². The van der Waals surface area contributed by atoms with Crippen molar-refractivity contribution in [3.05, 3.63) is 30.1 Å². The molecule has 0 bridgehead atoms. The van der Waals surface area contributed by atoms with Crippen LogP contribution < -0.4 is 0 Å². The minimum atomic E-state index is -3.30. The SMILES string of the molecule is O=C(O)CC1CS(=O)(=O)CCN1C(=O)c1ccccn1. The standard InChI is InChI=1S/C12H14N2O5S/c15-11(16)7-9-8-20(18,19)6-5-14(9)12(17)10-3-1-2-4-13-10/h1-4,9H,5-8H2,(H,15,16). The summed E-state index contributed by atoms with van der Waals surface area (Å²) in [6, 6.07) is 3.98. The monoisotopic (exact) mass is 298 g/mol. The Labute approximate surface area is 116 Å². The van der Waals surface area contributed by atoms with E-state index >= 15 is 0 Å². The summed E-state index contributed by atoms with van der Waals surface area (Å²) in [7, 11) is -3.30. The number of hydrogen-bond acceptors (Lipinski definition) is 5. The number of aliphatic carboxylic acids is 1. The summed E-state index contributed by atoms with van der Waals surface area (Å²) < 4.78 is 23.2. The predicted molar refractivity (Wildman–Crippen MR) is 70.0 cm³/mol. The zero-order valence-corrected chi connectivity index (χ0v) is 11.4. The lowest BCUT2D eigenvalue weighted by Crippen LogP contribution is -2.52. The van der Waals surface area contributed by atoms with Crippen LogP contribution in [0.1, 0.15) is 16.9 Å². The maximum absolute atomic E-state index is 12.3. The minimum Gasteiger partial charge on any atom is -0.481 e. The molecule has 2 heterocycles. The quantitative estimate of drug-likeness (QED) is 0.828. The molecule has 1 saturated heterocycles. The highest BCUT2D eigenvalue weighted by atomic mass is 32.2. The molecule has 0 radical (unpaired) electrons. The average molecular weight is 298 g/mol. The van der Waals surface area contributed by atoms with Crippen molar-refractivity contribution in [2.24, 2.45) is 0 Å². The maximum atomic E-state index is 12.3. The molecule has 1 atom stereocenters. The smallest absolute Gasteiger partial charge is 0.305 e. The average Bonchev–Trinajstić information content (AvgIpc) is 2.37. The molecule has 1 aliphatic rings. The number of carboxylic acid groups (broad SMARTS) is 1. The van der Waals surface area contributed by atoms with Crippen molar-refractivity contribution in [1.82, 2.24) is 9.88 Å². The van der Waals surface area contributed by atoms with Gasteiger partial charge in [0, 0.05) is 12.7 Å². The summed E-state index contributed by atoms with van der Waals surface area (Å²) in [5, 5.41) is 8.86. The molecule has 1 aliphatic heterocycles. The Balaban J connectivity index is 2.24. The van der Waals surface area contributed by atoms with Gasteiger partial charge in [-0.2, -0.15) is 0 Å². The summed E-state index contributed by atoms with van der Waals surface area (Å²) >= 11 is 0. The van der Waals surface area contributed by atoms with Crippen LogP contribution in [0, 0.1) is 0 Å². The number of hydrogen-bond donors (Lipinski definition) is 1.